The van der Waals surface area contributed by atoms with Gasteiger partial charge in [-0.1, -0.05) is 41.6 Å². The fourth-order valence-corrected chi connectivity index (χ4v) is 1.74. The molecule has 0 aliphatic rings. The minimum Gasteiger partial charge on any atom is -0.618 e. The van der Waals surface area contributed by atoms with Crippen molar-refractivity contribution in [2.24, 2.45) is 0 Å². The first-order chi connectivity index (χ1) is 9.83. The van der Waals surface area contributed by atoms with E-state index >= 15 is 0 Å². The van der Waals surface area contributed by atoms with Crippen molar-refractivity contribution in [2.75, 3.05) is 0 Å². The van der Waals surface area contributed by atoms with E-state index in [1.807, 2.05) is 36.4 Å². The Morgan fingerprint density at radius 1 is 0.950 bits per heavy atom. The summed E-state index contributed by atoms with van der Waals surface area (Å²) in [5.74, 6) is 0.626. The molecule has 3 rings (SSSR count). The Kier molecular flexibility index (Phi) is 3.24. The van der Waals surface area contributed by atoms with Crippen LogP contribution in [0.4, 0.5) is 5.69 Å². The van der Waals surface area contributed by atoms with Gasteiger partial charge in [-0.05, 0) is 12.1 Å². The van der Waals surface area contributed by atoms with Gasteiger partial charge in [-0.3, -0.25) is 0 Å². The summed E-state index contributed by atoms with van der Waals surface area (Å²) >= 11 is 0. The summed E-state index contributed by atoms with van der Waals surface area (Å²) in [7, 11) is 0. The highest BCUT2D eigenvalue weighted by atomic mass is 16.5. The summed E-state index contributed by atoms with van der Waals surface area (Å²) in [6, 6.07) is 18.2. The highest BCUT2D eigenvalue weighted by Crippen LogP contribution is 2.16. The zero-order valence-electron chi connectivity index (χ0n) is 10.5. The van der Waals surface area contributed by atoms with Crippen molar-refractivity contribution in [3.8, 4) is 11.5 Å². The molecule has 20 heavy (non-hydrogen) atoms. The zero-order valence-corrected chi connectivity index (χ0v) is 10.5. The topological polar surface area (TPSA) is 65.0 Å². The fraction of sp³-hybridized carbons (Fsp3) is 0. The lowest BCUT2D eigenvalue weighted by atomic mass is 10.2. The molecule has 5 heteroatoms. The van der Waals surface area contributed by atoms with Crippen LogP contribution in [0.15, 0.2) is 65.2 Å². The lowest BCUT2D eigenvalue weighted by molar-refractivity contribution is -0.354. The Bertz CT molecular complexity index is 721. The summed E-state index contributed by atoms with van der Waals surface area (Å²) in [5.41, 5.74) is 1.33. The molecule has 98 valence electrons. The van der Waals surface area contributed by atoms with Crippen LogP contribution < -0.4 is 0 Å². The van der Waals surface area contributed by atoms with Gasteiger partial charge >= 0.3 is 0 Å². The molecule has 0 N–H and O–H groups in total. The smallest absolute Gasteiger partial charge is 0.261 e. The first-order valence-corrected chi connectivity index (χ1v) is 6.08. The van der Waals surface area contributed by atoms with Crippen LogP contribution in [-0.2, 0) is 0 Å². The second kappa shape index (κ2) is 5.36. The maximum Gasteiger partial charge on any atom is 0.261 e. The lowest BCUT2D eigenvalue weighted by Gasteiger charge is -1.99. The van der Waals surface area contributed by atoms with Crippen LogP contribution in [0.3, 0.4) is 0 Å². The van der Waals surface area contributed by atoms with Gasteiger partial charge in [-0.25, -0.2) is 0 Å². The molecule has 5 nitrogen and oxygen atoms in total. The summed E-state index contributed by atoms with van der Waals surface area (Å²) in [6.07, 6.45) is 1.28. The lowest BCUT2D eigenvalue weighted by Crippen LogP contribution is -2.00. The van der Waals surface area contributed by atoms with Gasteiger partial charge in [0, 0.05) is 17.7 Å². The van der Waals surface area contributed by atoms with Crippen LogP contribution in [-0.4, -0.2) is 21.1 Å². The summed E-state index contributed by atoms with van der Waals surface area (Å²) in [6.45, 7) is 0. The molecular weight excluding hydrogens is 254 g/mol. The summed E-state index contributed by atoms with van der Waals surface area (Å²) in [4.78, 5) is 4.17. The molecule has 0 saturated heterocycles. The monoisotopic (exact) mass is 265 g/mol. The van der Waals surface area contributed by atoms with E-state index in [1.54, 1.807) is 24.3 Å². The maximum absolute atomic E-state index is 11.9. The fourth-order valence-electron chi connectivity index (χ4n) is 1.74. The van der Waals surface area contributed by atoms with Gasteiger partial charge in [0.25, 0.3) is 11.7 Å². The molecule has 0 unspecified atom stereocenters. The second-order valence-electron chi connectivity index (χ2n) is 4.11. The molecule has 0 fully saturated rings. The van der Waals surface area contributed by atoms with Gasteiger partial charge in [0.15, 0.2) is 0 Å². The van der Waals surface area contributed by atoms with Gasteiger partial charge < -0.3 is 9.73 Å². The van der Waals surface area contributed by atoms with Gasteiger partial charge in [0.05, 0.1) is 0 Å². The molecule has 1 heterocycles. The Morgan fingerprint density at radius 2 is 1.60 bits per heavy atom. The van der Waals surface area contributed by atoms with Gasteiger partial charge in [0.1, 0.15) is 0 Å². The first kappa shape index (κ1) is 12.1. The molecular formula is C15H11N3O2. The second-order valence-corrected chi connectivity index (χ2v) is 4.11. The van der Waals surface area contributed by atoms with E-state index < -0.39 is 0 Å². The largest absolute Gasteiger partial charge is 0.618 e. The van der Waals surface area contributed by atoms with Crippen molar-refractivity contribution in [3.63, 3.8) is 0 Å². The maximum atomic E-state index is 11.9. The molecule has 0 saturated carbocycles. The molecule has 0 amide bonds. The highest BCUT2D eigenvalue weighted by Gasteiger charge is 2.09. The third-order valence-corrected chi connectivity index (χ3v) is 2.71. The Hall–Kier alpha value is -2.95. The van der Waals surface area contributed by atoms with Crippen LogP contribution in [0, 0.1) is 5.21 Å². The molecule has 0 aliphatic heterocycles. The van der Waals surface area contributed by atoms with E-state index in [9.17, 15) is 5.21 Å². The highest BCUT2D eigenvalue weighted by molar-refractivity contribution is 5.72. The first-order valence-electron chi connectivity index (χ1n) is 6.08. The van der Waals surface area contributed by atoms with Crippen molar-refractivity contribution in [1.29, 1.82) is 0 Å². The average molecular weight is 265 g/mol. The molecule has 2 aromatic carbocycles. The summed E-state index contributed by atoms with van der Waals surface area (Å²) < 4.78 is 5.84. The standard InChI is InChI=1S/C15H11N3O2/c19-18(13-9-5-2-6-10-13)11-14-16-15(20-17-14)12-7-3-1-4-8-12/h1-11H/b18-11-. The Morgan fingerprint density at radius 3 is 2.30 bits per heavy atom. The van der Waals surface area contributed by atoms with E-state index in [0.29, 0.717) is 16.3 Å². The normalized spacial score (nSPS) is 11.5. The van der Waals surface area contributed by atoms with Gasteiger partial charge in [-0.15, -0.1) is 0 Å². The number of hydrogen-bond acceptors (Lipinski definition) is 4. The zero-order chi connectivity index (χ0) is 13.8. The van der Waals surface area contributed by atoms with Gasteiger partial charge in [0.2, 0.25) is 11.9 Å². The third kappa shape index (κ3) is 2.56. The molecule has 0 spiro atoms. The number of benzene rings is 2. The van der Waals surface area contributed by atoms with E-state index in [1.165, 1.54) is 6.21 Å². The predicted molar refractivity (Wildman–Crippen MR) is 74.6 cm³/mol. The number of nitrogens with zero attached hydrogens (tertiary/aromatic N) is 3. The Labute approximate surface area is 115 Å². The van der Waals surface area contributed by atoms with Crippen LogP contribution in [0.1, 0.15) is 5.82 Å². The number of aromatic nitrogens is 2. The van der Waals surface area contributed by atoms with Crippen LogP contribution in [0.25, 0.3) is 11.5 Å². The van der Waals surface area contributed by atoms with Crippen LogP contribution in [0.5, 0.6) is 0 Å². The molecule has 0 aliphatic carbocycles. The molecule has 0 radical (unpaired) electrons. The molecule has 1 aromatic heterocycles. The van der Waals surface area contributed by atoms with Crippen molar-refractivity contribution >= 4 is 11.9 Å². The predicted octanol–water partition coefficient (Wildman–Crippen LogP) is 3.00. The molecule has 0 bridgehead atoms. The Balaban J connectivity index is 1.88. The van der Waals surface area contributed by atoms with E-state index in [2.05, 4.69) is 10.1 Å². The average Bonchev–Trinajstić information content (AvgIpc) is 2.97. The van der Waals surface area contributed by atoms with E-state index in [0.717, 1.165) is 5.56 Å². The minimum absolute atomic E-state index is 0.239. The van der Waals surface area contributed by atoms with Crippen molar-refractivity contribution in [3.05, 3.63) is 71.7 Å². The number of rotatable bonds is 3. The quantitative estimate of drug-likeness (QED) is 0.316. The third-order valence-electron chi connectivity index (χ3n) is 2.71. The number of para-hydroxylation sites is 1. The van der Waals surface area contributed by atoms with Crippen LogP contribution in [0.2, 0.25) is 0 Å². The summed E-state index contributed by atoms with van der Waals surface area (Å²) in [5, 5.41) is 15.7. The SMILES string of the molecule is [O-]/[N+](=C\c1noc(-c2ccccc2)n1)c1ccccc1. The number of hydrogen-bond donors (Lipinski definition) is 0. The van der Waals surface area contributed by atoms with E-state index in [4.69, 9.17) is 4.52 Å². The minimum atomic E-state index is 0.239. The van der Waals surface area contributed by atoms with E-state index in [-0.39, 0.29) is 5.82 Å². The van der Waals surface area contributed by atoms with Gasteiger partial charge in [-0.2, -0.15) is 9.72 Å². The van der Waals surface area contributed by atoms with Crippen molar-refractivity contribution < 1.29 is 9.26 Å². The molecule has 0 atom stereocenters. The van der Waals surface area contributed by atoms with Crippen LogP contribution >= 0.6 is 0 Å². The molecule has 3 aromatic rings. The van der Waals surface area contributed by atoms with Crippen molar-refractivity contribution in [2.45, 2.75) is 0 Å². The van der Waals surface area contributed by atoms with Crippen molar-refractivity contribution in [1.82, 2.24) is 10.1 Å².